The third-order valence-electron chi connectivity index (χ3n) is 4.64. The molecule has 0 saturated carbocycles. The molecular formula is C19H18ClN3O3S2. The molecule has 1 aliphatic rings. The largest absolute Gasteiger partial charge is 0.298 e. The molecule has 28 heavy (non-hydrogen) atoms. The van der Waals surface area contributed by atoms with Gasteiger partial charge in [0.15, 0.2) is 5.13 Å². The highest BCUT2D eigenvalue weighted by Gasteiger charge is 2.30. The molecule has 1 saturated heterocycles. The molecular weight excluding hydrogens is 418 g/mol. The van der Waals surface area contributed by atoms with E-state index < -0.39 is 15.9 Å². The number of piperidine rings is 1. The van der Waals surface area contributed by atoms with Gasteiger partial charge in [0.25, 0.3) is 5.91 Å². The summed E-state index contributed by atoms with van der Waals surface area (Å²) in [5.74, 6) is -0.499. The number of anilines is 1. The number of hydrogen-bond acceptors (Lipinski definition) is 5. The van der Waals surface area contributed by atoms with Gasteiger partial charge in [-0.05, 0) is 43.2 Å². The second kappa shape index (κ2) is 7.79. The summed E-state index contributed by atoms with van der Waals surface area (Å²) in [5, 5.41) is 3.71. The Kier molecular flexibility index (Phi) is 5.37. The first kappa shape index (κ1) is 19.3. The fourth-order valence-corrected chi connectivity index (χ4v) is 6.08. The number of hydrogen-bond donors (Lipinski definition) is 1. The number of thiazole rings is 1. The third kappa shape index (κ3) is 3.77. The summed E-state index contributed by atoms with van der Waals surface area (Å²) >= 11 is 7.28. The molecule has 1 amide bonds. The number of aromatic nitrogens is 1. The molecule has 0 unspecified atom stereocenters. The molecule has 9 heteroatoms. The van der Waals surface area contributed by atoms with Gasteiger partial charge in [0, 0.05) is 18.1 Å². The molecule has 1 fully saturated rings. The summed E-state index contributed by atoms with van der Waals surface area (Å²) in [6, 6.07) is 11.6. The van der Waals surface area contributed by atoms with Crippen LogP contribution < -0.4 is 5.32 Å². The van der Waals surface area contributed by atoms with Crippen LogP contribution in [0.2, 0.25) is 5.02 Å². The molecule has 146 valence electrons. The molecule has 0 radical (unpaired) electrons. The molecule has 3 aromatic rings. The summed E-state index contributed by atoms with van der Waals surface area (Å²) in [6.07, 6.45) is 2.69. The number of benzene rings is 2. The molecule has 4 rings (SSSR count). The van der Waals surface area contributed by atoms with Crippen LogP contribution in [0.5, 0.6) is 0 Å². The number of halogens is 1. The molecule has 1 N–H and O–H groups in total. The maximum atomic E-state index is 13.1. The summed E-state index contributed by atoms with van der Waals surface area (Å²) in [5.41, 5.74) is 0.837. The SMILES string of the molecule is O=C(Nc1nc2ccc(Cl)cc2s1)c1ccccc1S(=O)(=O)N1CCCCC1. The number of amides is 1. The molecule has 0 spiro atoms. The predicted molar refractivity (Wildman–Crippen MR) is 112 cm³/mol. The summed E-state index contributed by atoms with van der Waals surface area (Å²) in [6.45, 7) is 0.966. The van der Waals surface area contributed by atoms with Crippen molar-refractivity contribution in [2.75, 3.05) is 18.4 Å². The van der Waals surface area contributed by atoms with E-state index in [4.69, 9.17) is 11.6 Å². The number of nitrogens with one attached hydrogen (secondary N) is 1. The van der Waals surface area contributed by atoms with Crippen LogP contribution in [0.3, 0.4) is 0 Å². The Balaban J connectivity index is 1.64. The van der Waals surface area contributed by atoms with Crippen LogP contribution in [-0.4, -0.2) is 36.7 Å². The Morgan fingerprint density at radius 1 is 1.11 bits per heavy atom. The number of rotatable bonds is 4. The van der Waals surface area contributed by atoms with E-state index in [1.54, 1.807) is 30.3 Å². The monoisotopic (exact) mass is 435 g/mol. The fraction of sp³-hybridized carbons (Fsp3) is 0.263. The van der Waals surface area contributed by atoms with Crippen molar-refractivity contribution in [2.45, 2.75) is 24.2 Å². The quantitative estimate of drug-likeness (QED) is 0.659. The maximum absolute atomic E-state index is 13.1. The minimum atomic E-state index is -3.72. The molecule has 0 bridgehead atoms. The standard InChI is InChI=1S/C19H18ClN3O3S2/c20-13-8-9-15-16(12-13)27-19(21-15)22-18(24)14-6-2-3-7-17(14)28(25,26)23-10-4-1-5-11-23/h2-3,6-9,12H,1,4-5,10-11H2,(H,21,22,24). The van der Waals surface area contributed by atoms with Crippen molar-refractivity contribution in [2.24, 2.45) is 0 Å². The van der Waals surface area contributed by atoms with E-state index in [-0.39, 0.29) is 10.5 Å². The fourth-order valence-electron chi connectivity index (χ4n) is 3.24. The normalized spacial score (nSPS) is 15.6. The van der Waals surface area contributed by atoms with Crippen LogP contribution in [0.25, 0.3) is 10.2 Å². The van der Waals surface area contributed by atoms with Crippen molar-refractivity contribution in [1.82, 2.24) is 9.29 Å². The minimum absolute atomic E-state index is 0.0264. The van der Waals surface area contributed by atoms with Gasteiger partial charge < -0.3 is 0 Å². The predicted octanol–water partition coefficient (Wildman–Crippen LogP) is 4.38. The van der Waals surface area contributed by atoms with Gasteiger partial charge in [-0.3, -0.25) is 10.1 Å². The molecule has 1 aliphatic heterocycles. The van der Waals surface area contributed by atoms with E-state index in [9.17, 15) is 13.2 Å². The zero-order chi connectivity index (χ0) is 19.7. The first-order valence-electron chi connectivity index (χ1n) is 8.92. The Morgan fingerprint density at radius 2 is 1.86 bits per heavy atom. The summed E-state index contributed by atoms with van der Waals surface area (Å²) in [4.78, 5) is 17.3. The van der Waals surface area contributed by atoms with Gasteiger partial charge in [-0.2, -0.15) is 4.31 Å². The molecule has 1 aromatic heterocycles. The van der Waals surface area contributed by atoms with Gasteiger partial charge >= 0.3 is 0 Å². The number of fused-ring (bicyclic) bond motifs is 1. The van der Waals surface area contributed by atoms with Gasteiger partial charge in [-0.25, -0.2) is 13.4 Å². The lowest BCUT2D eigenvalue weighted by molar-refractivity contribution is 0.102. The van der Waals surface area contributed by atoms with Gasteiger partial charge in [0.2, 0.25) is 10.0 Å². The van der Waals surface area contributed by atoms with E-state index in [2.05, 4.69) is 10.3 Å². The van der Waals surface area contributed by atoms with E-state index in [1.165, 1.54) is 27.8 Å². The van der Waals surface area contributed by atoms with Gasteiger partial charge in [-0.15, -0.1) is 0 Å². The maximum Gasteiger partial charge on any atom is 0.258 e. The number of sulfonamides is 1. The van der Waals surface area contributed by atoms with Gasteiger partial charge in [0.1, 0.15) is 0 Å². The highest BCUT2D eigenvalue weighted by molar-refractivity contribution is 7.89. The second-order valence-corrected chi connectivity index (χ2v) is 9.92. The minimum Gasteiger partial charge on any atom is -0.298 e. The highest BCUT2D eigenvalue weighted by atomic mass is 35.5. The van der Waals surface area contributed by atoms with E-state index >= 15 is 0 Å². The molecule has 2 heterocycles. The Bertz CT molecular complexity index is 1140. The van der Waals surface area contributed by atoms with Crippen molar-refractivity contribution >= 4 is 54.2 Å². The zero-order valence-corrected chi connectivity index (χ0v) is 17.3. The Morgan fingerprint density at radius 3 is 2.64 bits per heavy atom. The molecule has 0 aliphatic carbocycles. The molecule has 0 atom stereocenters. The lowest BCUT2D eigenvalue weighted by Gasteiger charge is -2.26. The van der Waals surface area contributed by atoms with Crippen molar-refractivity contribution in [3.8, 4) is 0 Å². The molecule has 6 nitrogen and oxygen atoms in total. The average molecular weight is 436 g/mol. The number of carbonyl (C=O) groups is 1. The Hall–Kier alpha value is -2.00. The molecule has 2 aromatic carbocycles. The van der Waals surface area contributed by atoms with Crippen molar-refractivity contribution in [3.05, 3.63) is 53.1 Å². The lowest BCUT2D eigenvalue weighted by Crippen LogP contribution is -2.36. The highest BCUT2D eigenvalue weighted by Crippen LogP contribution is 2.29. The van der Waals surface area contributed by atoms with Crippen LogP contribution in [0, 0.1) is 0 Å². The van der Waals surface area contributed by atoms with Crippen LogP contribution in [0.15, 0.2) is 47.4 Å². The summed E-state index contributed by atoms with van der Waals surface area (Å²) in [7, 11) is -3.72. The van der Waals surface area contributed by atoms with Crippen molar-refractivity contribution in [3.63, 3.8) is 0 Å². The van der Waals surface area contributed by atoms with Crippen molar-refractivity contribution < 1.29 is 13.2 Å². The lowest BCUT2D eigenvalue weighted by atomic mass is 10.2. The van der Waals surface area contributed by atoms with Gasteiger partial charge in [-0.1, -0.05) is 41.5 Å². The van der Waals surface area contributed by atoms with Crippen LogP contribution in [0.1, 0.15) is 29.6 Å². The van der Waals surface area contributed by atoms with Crippen LogP contribution in [-0.2, 0) is 10.0 Å². The zero-order valence-electron chi connectivity index (χ0n) is 14.9. The first-order chi connectivity index (χ1) is 13.4. The van der Waals surface area contributed by atoms with Crippen molar-refractivity contribution in [1.29, 1.82) is 0 Å². The summed E-state index contributed by atoms with van der Waals surface area (Å²) < 4.78 is 28.4. The number of carbonyl (C=O) groups excluding carboxylic acids is 1. The number of nitrogens with zero attached hydrogens (tertiary/aromatic N) is 2. The smallest absolute Gasteiger partial charge is 0.258 e. The topological polar surface area (TPSA) is 79.4 Å². The second-order valence-electron chi connectivity index (χ2n) is 6.55. The van der Waals surface area contributed by atoms with Crippen LogP contribution in [0.4, 0.5) is 5.13 Å². The van der Waals surface area contributed by atoms with E-state index in [1.807, 2.05) is 0 Å². The van der Waals surface area contributed by atoms with E-state index in [0.29, 0.717) is 23.2 Å². The van der Waals surface area contributed by atoms with Gasteiger partial charge in [0.05, 0.1) is 20.7 Å². The average Bonchev–Trinajstić information content (AvgIpc) is 3.10. The van der Waals surface area contributed by atoms with Crippen LogP contribution >= 0.6 is 22.9 Å². The first-order valence-corrected chi connectivity index (χ1v) is 11.6. The Labute approximate surface area is 172 Å². The van der Waals surface area contributed by atoms with E-state index in [0.717, 1.165) is 29.5 Å². The third-order valence-corrected chi connectivity index (χ3v) is 7.76.